The number of esters is 1. The number of halogens is 1. The molecule has 1 aliphatic carbocycles. The molecule has 2 aliphatic rings. The molecule has 1 aromatic rings. The highest BCUT2D eigenvalue weighted by Crippen LogP contribution is 2.46. The second kappa shape index (κ2) is 4.12. The first-order valence-corrected chi connectivity index (χ1v) is 7.04. The first-order chi connectivity index (χ1) is 8.22. The molecule has 2 nitrogen and oxygen atoms in total. The van der Waals surface area contributed by atoms with Crippen molar-refractivity contribution in [1.29, 1.82) is 0 Å². The number of hydrogen-bond acceptors (Lipinski definition) is 2. The number of benzene rings is 1. The van der Waals surface area contributed by atoms with Crippen molar-refractivity contribution in [2.45, 2.75) is 28.3 Å². The normalized spacial score (nSPS) is 35.5. The summed E-state index contributed by atoms with van der Waals surface area (Å²) in [6, 6.07) is 10.2. The summed E-state index contributed by atoms with van der Waals surface area (Å²) in [5, 5.41) is 0. The fourth-order valence-electron chi connectivity index (χ4n) is 2.82. The van der Waals surface area contributed by atoms with E-state index >= 15 is 0 Å². The molecule has 17 heavy (non-hydrogen) atoms. The van der Waals surface area contributed by atoms with Crippen molar-refractivity contribution in [1.82, 2.24) is 0 Å². The van der Waals surface area contributed by atoms with Gasteiger partial charge >= 0.3 is 5.97 Å². The van der Waals surface area contributed by atoms with Gasteiger partial charge in [0.2, 0.25) is 0 Å². The Balaban J connectivity index is 2.12. The van der Waals surface area contributed by atoms with Gasteiger partial charge in [0.05, 0.1) is 15.8 Å². The van der Waals surface area contributed by atoms with Gasteiger partial charge in [0.15, 0.2) is 0 Å². The Morgan fingerprint density at radius 3 is 2.82 bits per heavy atom. The Morgan fingerprint density at radius 2 is 2.06 bits per heavy atom. The third-order valence-corrected chi connectivity index (χ3v) is 4.78. The smallest absolute Gasteiger partial charge is 0.307 e. The Labute approximate surface area is 114 Å². The highest BCUT2D eigenvalue weighted by Gasteiger charge is 2.52. The third-order valence-electron chi connectivity index (χ3n) is 3.62. The van der Waals surface area contributed by atoms with Crippen LogP contribution in [0.3, 0.4) is 0 Å². The summed E-state index contributed by atoms with van der Waals surface area (Å²) in [6.45, 7) is 0. The van der Waals surface area contributed by atoms with Gasteiger partial charge in [-0.25, -0.2) is 0 Å². The first-order valence-electron chi connectivity index (χ1n) is 5.79. The lowest BCUT2D eigenvalue weighted by Crippen LogP contribution is -2.41. The molecule has 0 saturated carbocycles. The topological polar surface area (TPSA) is 26.3 Å². The summed E-state index contributed by atoms with van der Waals surface area (Å²) in [7, 11) is 0. The minimum atomic E-state index is -0.234. The van der Waals surface area contributed by atoms with Crippen LogP contribution in [0.25, 0.3) is 0 Å². The number of allylic oxidation sites excluding steroid dienone is 1. The van der Waals surface area contributed by atoms with Crippen molar-refractivity contribution in [3.8, 4) is 0 Å². The van der Waals surface area contributed by atoms with Crippen molar-refractivity contribution in [2.75, 3.05) is 0 Å². The maximum atomic E-state index is 11.7. The molecule has 3 heteroatoms. The van der Waals surface area contributed by atoms with Crippen LogP contribution in [-0.2, 0) is 14.9 Å². The average molecular weight is 340 g/mol. The lowest BCUT2D eigenvalue weighted by molar-refractivity contribution is -0.141. The van der Waals surface area contributed by atoms with Crippen LogP contribution in [0.15, 0.2) is 42.5 Å². The monoisotopic (exact) mass is 340 g/mol. The van der Waals surface area contributed by atoms with E-state index in [9.17, 15) is 4.79 Å². The van der Waals surface area contributed by atoms with E-state index in [1.54, 1.807) is 0 Å². The van der Waals surface area contributed by atoms with Crippen LogP contribution < -0.4 is 0 Å². The Bertz CT molecular complexity index is 468. The summed E-state index contributed by atoms with van der Waals surface area (Å²) in [4.78, 5) is 11.7. The van der Waals surface area contributed by atoms with Crippen LogP contribution in [0.1, 0.15) is 18.4 Å². The second-order valence-corrected chi connectivity index (χ2v) is 6.25. The number of carbonyl (C=O) groups is 1. The van der Waals surface area contributed by atoms with E-state index in [2.05, 4.69) is 46.9 Å². The molecule has 3 atom stereocenters. The van der Waals surface area contributed by atoms with Crippen molar-refractivity contribution < 1.29 is 9.53 Å². The molecule has 3 rings (SSSR count). The fraction of sp³-hybridized carbons (Fsp3) is 0.357. The lowest BCUT2D eigenvalue weighted by Gasteiger charge is -2.36. The summed E-state index contributed by atoms with van der Waals surface area (Å²) in [5.41, 5.74) is 0.955. The molecule has 0 N–H and O–H groups in total. The fourth-order valence-corrected chi connectivity index (χ4v) is 3.90. The predicted molar refractivity (Wildman–Crippen MR) is 74.2 cm³/mol. The van der Waals surface area contributed by atoms with Crippen molar-refractivity contribution in [3.63, 3.8) is 0 Å². The average Bonchev–Trinajstić information content (AvgIpc) is 2.70. The maximum absolute atomic E-state index is 11.7. The highest BCUT2D eigenvalue weighted by molar-refractivity contribution is 14.1. The quantitative estimate of drug-likeness (QED) is 0.340. The van der Waals surface area contributed by atoms with Crippen LogP contribution in [0, 0.1) is 0 Å². The Morgan fingerprint density at radius 1 is 1.29 bits per heavy atom. The zero-order valence-corrected chi connectivity index (χ0v) is 11.5. The number of rotatable bonds is 1. The molecule has 1 saturated heterocycles. The van der Waals surface area contributed by atoms with E-state index in [0.29, 0.717) is 10.3 Å². The zero-order valence-electron chi connectivity index (χ0n) is 9.30. The SMILES string of the molecule is O=C1C[C@@]2(c3ccccc3)C=CC[C@H](I)[C@H]2O1. The Kier molecular flexibility index (Phi) is 2.73. The number of ether oxygens (including phenoxy) is 1. The Hall–Kier alpha value is -0.840. The summed E-state index contributed by atoms with van der Waals surface area (Å²) < 4.78 is 5.90. The predicted octanol–water partition coefficient (Wildman–Crippen LogP) is 3.00. The molecule has 0 spiro atoms. The molecular weight excluding hydrogens is 327 g/mol. The molecule has 1 fully saturated rings. The van der Waals surface area contributed by atoms with Gasteiger partial charge in [0.25, 0.3) is 0 Å². The molecule has 0 radical (unpaired) electrons. The number of carbonyl (C=O) groups excluding carboxylic acids is 1. The maximum Gasteiger partial charge on any atom is 0.307 e. The molecule has 88 valence electrons. The molecular formula is C14H13IO2. The van der Waals surface area contributed by atoms with Crippen LogP contribution in [0.2, 0.25) is 0 Å². The van der Waals surface area contributed by atoms with E-state index < -0.39 is 0 Å². The van der Waals surface area contributed by atoms with E-state index in [4.69, 9.17) is 4.74 Å². The highest BCUT2D eigenvalue weighted by atomic mass is 127. The van der Waals surface area contributed by atoms with Crippen molar-refractivity contribution in [3.05, 3.63) is 48.0 Å². The van der Waals surface area contributed by atoms with Crippen LogP contribution in [0.4, 0.5) is 0 Å². The summed E-state index contributed by atoms with van der Waals surface area (Å²) in [5.74, 6) is -0.0768. The summed E-state index contributed by atoms with van der Waals surface area (Å²) in [6.07, 6.45) is 5.79. The minimum absolute atomic E-state index is 0.0111. The second-order valence-electron chi connectivity index (χ2n) is 4.65. The van der Waals surface area contributed by atoms with Crippen molar-refractivity contribution in [2.24, 2.45) is 0 Å². The summed E-state index contributed by atoms with van der Waals surface area (Å²) >= 11 is 2.39. The first kappa shape index (κ1) is 11.3. The molecule has 0 bridgehead atoms. The van der Waals surface area contributed by atoms with E-state index in [-0.39, 0.29) is 17.5 Å². The molecule has 1 aromatic carbocycles. The largest absolute Gasteiger partial charge is 0.460 e. The van der Waals surface area contributed by atoms with Gasteiger partial charge in [-0.05, 0) is 12.0 Å². The molecule has 0 aromatic heterocycles. The van der Waals surface area contributed by atoms with Gasteiger partial charge < -0.3 is 4.74 Å². The van der Waals surface area contributed by atoms with E-state index in [0.717, 1.165) is 6.42 Å². The van der Waals surface area contributed by atoms with Gasteiger partial charge in [-0.1, -0.05) is 65.1 Å². The molecule has 0 unspecified atom stereocenters. The van der Waals surface area contributed by atoms with Gasteiger partial charge in [0.1, 0.15) is 6.10 Å². The molecule has 1 aliphatic heterocycles. The van der Waals surface area contributed by atoms with E-state index in [1.165, 1.54) is 5.56 Å². The van der Waals surface area contributed by atoms with Gasteiger partial charge in [-0.3, -0.25) is 4.79 Å². The van der Waals surface area contributed by atoms with Crippen LogP contribution >= 0.6 is 22.6 Å². The molecule has 1 heterocycles. The number of fused-ring (bicyclic) bond motifs is 1. The van der Waals surface area contributed by atoms with Gasteiger partial charge in [-0.15, -0.1) is 0 Å². The minimum Gasteiger partial charge on any atom is -0.460 e. The van der Waals surface area contributed by atoms with Gasteiger partial charge in [-0.2, -0.15) is 0 Å². The molecule has 0 amide bonds. The van der Waals surface area contributed by atoms with E-state index in [1.807, 2.05) is 18.2 Å². The standard InChI is InChI=1S/C14H13IO2/c15-11-7-4-8-14(9-12(16)17-13(11)14)10-5-2-1-3-6-10/h1-6,8,11,13H,7,9H2/t11-,13+,14+/m0/s1. The third kappa shape index (κ3) is 1.71. The van der Waals surface area contributed by atoms with Crippen LogP contribution in [-0.4, -0.2) is 16.0 Å². The van der Waals surface area contributed by atoms with Gasteiger partial charge in [0, 0.05) is 0 Å². The zero-order chi connectivity index (χ0) is 11.9. The van der Waals surface area contributed by atoms with Crippen molar-refractivity contribution >= 4 is 28.6 Å². The lowest BCUT2D eigenvalue weighted by atomic mass is 9.71. The number of alkyl halides is 1. The number of hydrogen-bond donors (Lipinski definition) is 0. The van der Waals surface area contributed by atoms with Crippen LogP contribution in [0.5, 0.6) is 0 Å².